The second-order valence-electron chi connectivity index (χ2n) is 5.53. The Hall–Kier alpha value is -2.74. The lowest BCUT2D eigenvalue weighted by Gasteiger charge is -2.17. The number of hydrogen-bond acceptors (Lipinski definition) is 5. The molecule has 5 nitrogen and oxygen atoms in total. The van der Waals surface area contributed by atoms with E-state index >= 15 is 0 Å². The third-order valence-corrected chi connectivity index (χ3v) is 3.90. The lowest BCUT2D eigenvalue weighted by atomic mass is 10.2. The van der Waals surface area contributed by atoms with Crippen molar-refractivity contribution in [3.63, 3.8) is 0 Å². The zero-order valence-electron chi connectivity index (χ0n) is 13.1. The van der Waals surface area contributed by atoms with Crippen LogP contribution in [0.15, 0.2) is 36.4 Å². The van der Waals surface area contributed by atoms with E-state index in [2.05, 4.69) is 10.3 Å². The predicted octanol–water partition coefficient (Wildman–Crippen LogP) is 4.03. The molecule has 1 aromatic heterocycles. The van der Waals surface area contributed by atoms with Crippen LogP contribution in [0, 0.1) is 11.3 Å². The number of anilines is 2. The van der Waals surface area contributed by atoms with Gasteiger partial charge in [0, 0.05) is 11.8 Å². The topological polar surface area (TPSA) is 67.2 Å². The lowest BCUT2D eigenvalue weighted by molar-refractivity contribution is 0.201. The van der Waals surface area contributed by atoms with Gasteiger partial charge in [-0.1, -0.05) is 6.07 Å². The Balaban J connectivity index is 1.80. The van der Waals surface area contributed by atoms with Crippen LogP contribution < -0.4 is 14.8 Å². The Labute approximate surface area is 135 Å². The number of aromatic nitrogens is 1. The van der Waals surface area contributed by atoms with E-state index in [1.54, 1.807) is 19.2 Å². The van der Waals surface area contributed by atoms with Crippen molar-refractivity contribution in [2.75, 3.05) is 12.4 Å². The van der Waals surface area contributed by atoms with Crippen LogP contribution >= 0.6 is 0 Å². The Morgan fingerprint density at radius 3 is 2.74 bits per heavy atom. The van der Waals surface area contributed by atoms with Crippen molar-refractivity contribution in [2.24, 2.45) is 0 Å². The number of rotatable bonds is 5. The standard InChI is InChI=1S/C18H19N3O2/c1-22-16-10-9-13(11-17(16)23-15-6-2-3-7-15)20-18-8-4-5-14(12-19)21-18/h4-5,8-11,15H,2-3,6-7H2,1H3,(H,20,21). The van der Waals surface area contributed by atoms with Gasteiger partial charge in [0.2, 0.25) is 0 Å². The first-order valence-electron chi connectivity index (χ1n) is 7.77. The molecule has 1 aromatic carbocycles. The predicted molar refractivity (Wildman–Crippen MR) is 88.1 cm³/mol. The molecule has 0 spiro atoms. The van der Waals surface area contributed by atoms with Crippen LogP contribution in [0.3, 0.4) is 0 Å². The largest absolute Gasteiger partial charge is 0.493 e. The van der Waals surface area contributed by atoms with E-state index in [9.17, 15) is 0 Å². The number of methoxy groups -OCH3 is 1. The maximum Gasteiger partial charge on any atom is 0.163 e. The molecule has 0 radical (unpaired) electrons. The van der Waals surface area contributed by atoms with Crippen molar-refractivity contribution >= 4 is 11.5 Å². The molecule has 1 aliphatic carbocycles. The van der Waals surface area contributed by atoms with Crippen LogP contribution in [0.25, 0.3) is 0 Å². The molecule has 0 amide bonds. The first kappa shape index (κ1) is 15.2. The Bertz CT molecular complexity index is 718. The molecular weight excluding hydrogens is 290 g/mol. The molecular formula is C18H19N3O2. The highest BCUT2D eigenvalue weighted by atomic mass is 16.5. The lowest BCUT2D eigenvalue weighted by Crippen LogP contribution is -2.11. The van der Waals surface area contributed by atoms with Gasteiger partial charge < -0.3 is 14.8 Å². The average molecular weight is 309 g/mol. The summed E-state index contributed by atoms with van der Waals surface area (Å²) in [6.07, 6.45) is 4.88. The highest BCUT2D eigenvalue weighted by Gasteiger charge is 2.18. The molecule has 0 aliphatic heterocycles. The van der Waals surface area contributed by atoms with Gasteiger partial charge in [-0.25, -0.2) is 4.98 Å². The van der Waals surface area contributed by atoms with E-state index in [1.807, 2.05) is 30.3 Å². The molecule has 2 aromatic rings. The number of hydrogen-bond donors (Lipinski definition) is 1. The van der Waals surface area contributed by atoms with E-state index in [0.717, 1.165) is 30.0 Å². The monoisotopic (exact) mass is 309 g/mol. The molecule has 1 heterocycles. The third-order valence-electron chi connectivity index (χ3n) is 3.90. The molecule has 1 saturated carbocycles. The first-order chi connectivity index (χ1) is 11.3. The second kappa shape index (κ2) is 7.01. The van der Waals surface area contributed by atoms with Crippen LogP contribution in [0.4, 0.5) is 11.5 Å². The minimum Gasteiger partial charge on any atom is -0.493 e. The summed E-state index contributed by atoms with van der Waals surface area (Å²) in [6, 6.07) is 13.0. The number of pyridine rings is 1. The average Bonchev–Trinajstić information content (AvgIpc) is 3.08. The summed E-state index contributed by atoms with van der Waals surface area (Å²) in [7, 11) is 1.64. The van der Waals surface area contributed by atoms with Gasteiger partial charge in [-0.05, 0) is 49.9 Å². The van der Waals surface area contributed by atoms with E-state index in [4.69, 9.17) is 14.7 Å². The Kier molecular flexibility index (Phi) is 4.62. The first-order valence-corrected chi connectivity index (χ1v) is 7.77. The van der Waals surface area contributed by atoms with Gasteiger partial charge in [0.15, 0.2) is 11.5 Å². The van der Waals surface area contributed by atoms with Crippen LogP contribution in [0.1, 0.15) is 31.4 Å². The molecule has 0 unspecified atom stereocenters. The second-order valence-corrected chi connectivity index (χ2v) is 5.53. The van der Waals surface area contributed by atoms with Crippen LogP contribution in [-0.2, 0) is 0 Å². The summed E-state index contributed by atoms with van der Waals surface area (Å²) in [6.45, 7) is 0. The molecule has 3 rings (SSSR count). The fourth-order valence-corrected chi connectivity index (χ4v) is 2.75. The molecule has 0 atom stereocenters. The van der Waals surface area contributed by atoms with E-state index in [1.165, 1.54) is 12.8 Å². The molecule has 1 aliphatic rings. The van der Waals surface area contributed by atoms with Crippen molar-refractivity contribution in [1.82, 2.24) is 4.98 Å². The summed E-state index contributed by atoms with van der Waals surface area (Å²) in [5.74, 6) is 2.09. The van der Waals surface area contributed by atoms with Gasteiger partial charge in [0.05, 0.1) is 13.2 Å². The number of benzene rings is 1. The zero-order chi connectivity index (χ0) is 16.1. The summed E-state index contributed by atoms with van der Waals surface area (Å²) < 4.78 is 11.5. The quantitative estimate of drug-likeness (QED) is 0.903. The molecule has 23 heavy (non-hydrogen) atoms. The minimum atomic E-state index is 0.263. The van der Waals surface area contributed by atoms with Gasteiger partial charge in [0.1, 0.15) is 17.6 Å². The van der Waals surface area contributed by atoms with Crippen molar-refractivity contribution in [3.8, 4) is 17.6 Å². The third kappa shape index (κ3) is 3.72. The Morgan fingerprint density at radius 1 is 1.17 bits per heavy atom. The van der Waals surface area contributed by atoms with E-state index in [0.29, 0.717) is 11.5 Å². The van der Waals surface area contributed by atoms with Crippen LogP contribution in [0.5, 0.6) is 11.5 Å². The molecule has 1 N–H and O–H groups in total. The van der Waals surface area contributed by atoms with Gasteiger partial charge in [-0.3, -0.25) is 0 Å². The minimum absolute atomic E-state index is 0.263. The van der Waals surface area contributed by atoms with Gasteiger partial charge >= 0.3 is 0 Å². The van der Waals surface area contributed by atoms with Crippen molar-refractivity contribution in [1.29, 1.82) is 5.26 Å². The van der Waals surface area contributed by atoms with Gasteiger partial charge in [-0.2, -0.15) is 5.26 Å². The van der Waals surface area contributed by atoms with E-state index < -0.39 is 0 Å². The van der Waals surface area contributed by atoms with Crippen molar-refractivity contribution < 1.29 is 9.47 Å². The van der Waals surface area contributed by atoms with Crippen LogP contribution in [0.2, 0.25) is 0 Å². The maximum absolute atomic E-state index is 8.92. The zero-order valence-corrected chi connectivity index (χ0v) is 13.1. The summed E-state index contributed by atoms with van der Waals surface area (Å²) in [5, 5.41) is 12.1. The molecule has 0 bridgehead atoms. The molecule has 5 heteroatoms. The summed E-state index contributed by atoms with van der Waals surface area (Å²) in [5.41, 5.74) is 1.23. The van der Waals surface area contributed by atoms with Crippen LogP contribution in [-0.4, -0.2) is 18.2 Å². The van der Waals surface area contributed by atoms with Crippen molar-refractivity contribution in [2.45, 2.75) is 31.8 Å². The summed E-state index contributed by atoms with van der Waals surface area (Å²) >= 11 is 0. The molecule has 118 valence electrons. The fourth-order valence-electron chi connectivity index (χ4n) is 2.75. The normalized spacial score (nSPS) is 14.3. The highest BCUT2D eigenvalue weighted by molar-refractivity contribution is 5.61. The number of ether oxygens (including phenoxy) is 2. The fraction of sp³-hybridized carbons (Fsp3) is 0.333. The number of nitrogens with one attached hydrogen (secondary N) is 1. The Morgan fingerprint density at radius 2 is 2.00 bits per heavy atom. The van der Waals surface area contributed by atoms with E-state index in [-0.39, 0.29) is 6.10 Å². The van der Waals surface area contributed by atoms with Gasteiger partial charge in [0.25, 0.3) is 0 Å². The highest BCUT2D eigenvalue weighted by Crippen LogP contribution is 2.34. The number of nitriles is 1. The van der Waals surface area contributed by atoms with Gasteiger partial charge in [-0.15, -0.1) is 0 Å². The molecule has 0 saturated heterocycles. The molecule has 1 fully saturated rings. The number of nitrogens with zero attached hydrogens (tertiary/aromatic N) is 2. The maximum atomic E-state index is 8.92. The smallest absolute Gasteiger partial charge is 0.163 e. The van der Waals surface area contributed by atoms with Crippen molar-refractivity contribution in [3.05, 3.63) is 42.1 Å². The summed E-state index contributed by atoms with van der Waals surface area (Å²) in [4.78, 5) is 4.22. The SMILES string of the molecule is COc1ccc(Nc2cccc(C#N)n2)cc1OC1CCCC1.